The number of hydrogen-bond donors (Lipinski definition) is 2. The maximum Gasteiger partial charge on any atom is 0.224 e. The van der Waals surface area contributed by atoms with Gasteiger partial charge in [-0.1, -0.05) is 35.9 Å². The number of carbonyl (C=O) groups excluding carboxylic acids is 1. The SMILES string of the molecule is Cc1ccccc1CN(c1ccc(N)c(Cl)c1)[C@H]1CC(=O)N(CCO)C1. The van der Waals surface area contributed by atoms with E-state index in [2.05, 4.69) is 24.0 Å². The standard InChI is InChI=1S/C20H24ClN3O2/c1-14-4-2-3-5-15(14)12-24(16-6-7-19(22)18(21)10-16)17-11-20(26)23(13-17)8-9-25/h2-7,10,17,25H,8-9,11-13,22H2,1H3/t17-/m0/s1. The number of benzene rings is 2. The summed E-state index contributed by atoms with van der Waals surface area (Å²) >= 11 is 6.24. The minimum Gasteiger partial charge on any atom is -0.398 e. The molecule has 1 amide bonds. The predicted octanol–water partition coefficient (Wildman–Crippen LogP) is 2.83. The summed E-state index contributed by atoms with van der Waals surface area (Å²) in [6, 6.07) is 13.8. The molecule has 2 aromatic rings. The molecule has 3 rings (SSSR count). The second kappa shape index (κ2) is 7.98. The number of rotatable bonds is 6. The van der Waals surface area contributed by atoms with Crippen molar-refractivity contribution in [2.75, 3.05) is 30.3 Å². The Balaban J connectivity index is 1.92. The van der Waals surface area contributed by atoms with E-state index in [1.54, 1.807) is 11.0 Å². The highest BCUT2D eigenvalue weighted by atomic mass is 35.5. The zero-order chi connectivity index (χ0) is 18.7. The van der Waals surface area contributed by atoms with E-state index in [9.17, 15) is 9.90 Å². The van der Waals surface area contributed by atoms with E-state index in [0.29, 0.717) is 36.8 Å². The van der Waals surface area contributed by atoms with Crippen LogP contribution < -0.4 is 10.6 Å². The Labute approximate surface area is 159 Å². The maximum atomic E-state index is 12.3. The fraction of sp³-hybridized carbons (Fsp3) is 0.350. The highest BCUT2D eigenvalue weighted by Crippen LogP contribution is 2.31. The molecular formula is C20H24ClN3O2. The predicted molar refractivity (Wildman–Crippen MR) is 105 cm³/mol. The molecule has 5 nitrogen and oxygen atoms in total. The molecular weight excluding hydrogens is 350 g/mol. The number of aliphatic hydroxyl groups is 1. The van der Waals surface area contributed by atoms with Gasteiger partial charge in [0.15, 0.2) is 0 Å². The van der Waals surface area contributed by atoms with Crippen LogP contribution >= 0.6 is 11.6 Å². The lowest BCUT2D eigenvalue weighted by Gasteiger charge is -2.32. The van der Waals surface area contributed by atoms with Crippen molar-refractivity contribution in [3.8, 4) is 0 Å². The van der Waals surface area contributed by atoms with Crippen LogP contribution in [-0.4, -0.2) is 41.7 Å². The van der Waals surface area contributed by atoms with Crippen molar-refractivity contribution in [1.29, 1.82) is 0 Å². The van der Waals surface area contributed by atoms with E-state index < -0.39 is 0 Å². The van der Waals surface area contributed by atoms with Crippen LogP contribution in [0.15, 0.2) is 42.5 Å². The molecule has 26 heavy (non-hydrogen) atoms. The van der Waals surface area contributed by atoms with Crippen molar-refractivity contribution in [1.82, 2.24) is 4.90 Å². The number of likely N-dealkylation sites (tertiary alicyclic amines) is 1. The number of halogens is 1. The molecule has 138 valence electrons. The van der Waals surface area contributed by atoms with Crippen molar-refractivity contribution in [2.24, 2.45) is 0 Å². The van der Waals surface area contributed by atoms with Crippen LogP contribution in [0.5, 0.6) is 0 Å². The zero-order valence-corrected chi connectivity index (χ0v) is 15.6. The first-order chi connectivity index (χ1) is 12.5. The van der Waals surface area contributed by atoms with Crippen LogP contribution in [-0.2, 0) is 11.3 Å². The van der Waals surface area contributed by atoms with Gasteiger partial charge in [-0.25, -0.2) is 0 Å². The molecule has 1 saturated heterocycles. The molecule has 0 saturated carbocycles. The summed E-state index contributed by atoms with van der Waals surface area (Å²) in [5.74, 6) is 0.0698. The molecule has 0 unspecified atom stereocenters. The fourth-order valence-corrected chi connectivity index (χ4v) is 3.57. The van der Waals surface area contributed by atoms with Gasteiger partial charge in [0.25, 0.3) is 0 Å². The molecule has 0 aromatic heterocycles. The minimum absolute atomic E-state index is 0.0216. The van der Waals surface area contributed by atoms with Crippen LogP contribution in [0.3, 0.4) is 0 Å². The maximum absolute atomic E-state index is 12.3. The lowest BCUT2D eigenvalue weighted by atomic mass is 10.1. The number of β-amino-alcohol motifs (C(OH)–C–C–N with tert-alkyl or cyclic N) is 1. The monoisotopic (exact) mass is 373 g/mol. The van der Waals surface area contributed by atoms with Crippen LogP contribution in [0.2, 0.25) is 5.02 Å². The van der Waals surface area contributed by atoms with Gasteiger partial charge < -0.3 is 20.6 Å². The Hall–Kier alpha value is -2.24. The Morgan fingerprint density at radius 2 is 2.08 bits per heavy atom. The second-order valence-corrected chi connectivity index (χ2v) is 7.09. The molecule has 0 radical (unpaired) electrons. The van der Waals surface area contributed by atoms with Gasteiger partial charge in [0.05, 0.1) is 23.4 Å². The summed E-state index contributed by atoms with van der Waals surface area (Å²) in [5, 5.41) is 9.69. The summed E-state index contributed by atoms with van der Waals surface area (Å²) in [4.78, 5) is 16.2. The molecule has 1 fully saturated rings. The highest BCUT2D eigenvalue weighted by Gasteiger charge is 2.33. The van der Waals surface area contributed by atoms with Crippen LogP contribution in [0, 0.1) is 6.92 Å². The number of aryl methyl sites for hydroxylation is 1. The van der Waals surface area contributed by atoms with E-state index in [0.717, 1.165) is 5.69 Å². The Morgan fingerprint density at radius 1 is 1.31 bits per heavy atom. The van der Waals surface area contributed by atoms with Crippen molar-refractivity contribution < 1.29 is 9.90 Å². The number of amides is 1. The van der Waals surface area contributed by atoms with Gasteiger partial charge in [-0.3, -0.25) is 4.79 Å². The fourth-order valence-electron chi connectivity index (χ4n) is 3.39. The highest BCUT2D eigenvalue weighted by molar-refractivity contribution is 6.33. The average Bonchev–Trinajstić information content (AvgIpc) is 2.98. The van der Waals surface area contributed by atoms with Gasteiger partial charge in [-0.15, -0.1) is 0 Å². The van der Waals surface area contributed by atoms with Gasteiger partial charge in [0.1, 0.15) is 0 Å². The normalized spacial score (nSPS) is 17.0. The van der Waals surface area contributed by atoms with E-state index in [1.807, 2.05) is 24.3 Å². The van der Waals surface area contributed by atoms with E-state index in [4.69, 9.17) is 17.3 Å². The molecule has 0 bridgehead atoms. The number of nitrogen functional groups attached to an aromatic ring is 1. The van der Waals surface area contributed by atoms with Crippen molar-refractivity contribution in [2.45, 2.75) is 25.9 Å². The van der Waals surface area contributed by atoms with E-state index in [1.165, 1.54) is 11.1 Å². The lowest BCUT2D eigenvalue weighted by molar-refractivity contribution is -0.128. The average molecular weight is 374 g/mol. The largest absolute Gasteiger partial charge is 0.398 e. The van der Waals surface area contributed by atoms with Gasteiger partial charge >= 0.3 is 0 Å². The first kappa shape index (κ1) is 18.5. The van der Waals surface area contributed by atoms with Gasteiger partial charge in [0, 0.05) is 31.7 Å². The third-order valence-corrected chi connectivity index (χ3v) is 5.25. The summed E-state index contributed by atoms with van der Waals surface area (Å²) in [6.45, 7) is 3.70. The Kier molecular flexibility index (Phi) is 5.69. The van der Waals surface area contributed by atoms with E-state index >= 15 is 0 Å². The topological polar surface area (TPSA) is 69.8 Å². The third kappa shape index (κ3) is 3.94. The molecule has 0 aliphatic carbocycles. The Bertz CT molecular complexity index is 796. The van der Waals surface area contributed by atoms with Gasteiger partial charge in [-0.2, -0.15) is 0 Å². The molecule has 3 N–H and O–H groups in total. The minimum atomic E-state index is -0.0239. The molecule has 1 heterocycles. The molecule has 1 aliphatic heterocycles. The number of anilines is 2. The molecule has 1 atom stereocenters. The van der Waals surface area contributed by atoms with Crippen molar-refractivity contribution >= 4 is 28.9 Å². The first-order valence-electron chi connectivity index (χ1n) is 8.74. The number of hydrogen-bond acceptors (Lipinski definition) is 4. The zero-order valence-electron chi connectivity index (χ0n) is 14.9. The first-order valence-corrected chi connectivity index (χ1v) is 9.12. The van der Waals surface area contributed by atoms with Crippen molar-refractivity contribution in [3.05, 3.63) is 58.6 Å². The molecule has 0 spiro atoms. The number of carbonyl (C=O) groups is 1. The third-order valence-electron chi connectivity index (χ3n) is 4.92. The van der Waals surface area contributed by atoms with Gasteiger partial charge in [-0.05, 0) is 36.2 Å². The Morgan fingerprint density at radius 3 is 2.77 bits per heavy atom. The number of nitrogens with zero attached hydrogens (tertiary/aromatic N) is 2. The summed E-state index contributed by atoms with van der Waals surface area (Å²) < 4.78 is 0. The molecule has 2 aromatic carbocycles. The smallest absolute Gasteiger partial charge is 0.224 e. The number of aliphatic hydroxyl groups excluding tert-OH is 1. The van der Waals surface area contributed by atoms with E-state index in [-0.39, 0.29) is 18.6 Å². The molecule has 1 aliphatic rings. The summed E-state index contributed by atoms with van der Waals surface area (Å²) in [7, 11) is 0. The van der Waals surface area contributed by atoms with Gasteiger partial charge in [0.2, 0.25) is 5.91 Å². The van der Waals surface area contributed by atoms with Crippen LogP contribution in [0.1, 0.15) is 17.5 Å². The molecule has 6 heteroatoms. The van der Waals surface area contributed by atoms with Crippen LogP contribution in [0.25, 0.3) is 0 Å². The summed E-state index contributed by atoms with van der Waals surface area (Å²) in [5.41, 5.74) is 9.75. The lowest BCUT2D eigenvalue weighted by Crippen LogP contribution is -2.38. The quantitative estimate of drug-likeness (QED) is 0.764. The van der Waals surface area contributed by atoms with Crippen molar-refractivity contribution in [3.63, 3.8) is 0 Å². The number of nitrogens with two attached hydrogens (primary N) is 1. The second-order valence-electron chi connectivity index (χ2n) is 6.68. The summed E-state index contributed by atoms with van der Waals surface area (Å²) in [6.07, 6.45) is 0.424. The van der Waals surface area contributed by atoms with Crippen LogP contribution in [0.4, 0.5) is 11.4 Å².